The van der Waals surface area contributed by atoms with E-state index in [4.69, 9.17) is 0 Å². The first-order valence-electron chi connectivity index (χ1n) is 8.76. The van der Waals surface area contributed by atoms with Crippen LogP contribution in [-0.4, -0.2) is 51.2 Å². The largest absolute Gasteiger partial charge is 0.356 e. The summed E-state index contributed by atoms with van der Waals surface area (Å²) in [6, 6.07) is 6.74. The number of hydrogen-bond acceptors (Lipinski definition) is 4. The van der Waals surface area contributed by atoms with Gasteiger partial charge < -0.3 is 10.2 Å². The van der Waals surface area contributed by atoms with E-state index in [1.165, 1.54) is 19.3 Å². The number of carbonyl (C=O) groups is 1. The van der Waals surface area contributed by atoms with E-state index in [1.54, 1.807) is 24.3 Å². The molecule has 1 amide bonds. The lowest BCUT2D eigenvalue weighted by Gasteiger charge is -2.26. The van der Waals surface area contributed by atoms with Gasteiger partial charge in [-0.05, 0) is 58.0 Å². The highest BCUT2D eigenvalue weighted by Crippen LogP contribution is 2.13. The molecule has 0 saturated carbocycles. The Morgan fingerprint density at radius 3 is 2.46 bits per heavy atom. The summed E-state index contributed by atoms with van der Waals surface area (Å²) in [5.41, 5.74) is 1.01. The molecule has 134 valence electrons. The molecule has 0 atom stereocenters. The number of benzene rings is 1. The van der Waals surface area contributed by atoms with Crippen molar-refractivity contribution in [3.05, 3.63) is 29.8 Å². The predicted molar refractivity (Wildman–Crippen MR) is 95.8 cm³/mol. The SMILES string of the molecule is Cc1ccc(S(=O)(=O)CCC(=O)NCCCN2CCCCC2)cc1. The lowest BCUT2D eigenvalue weighted by Crippen LogP contribution is -2.33. The molecule has 1 N–H and O–H groups in total. The number of nitrogens with one attached hydrogen (secondary N) is 1. The molecule has 6 heteroatoms. The van der Waals surface area contributed by atoms with E-state index in [0.29, 0.717) is 6.54 Å². The van der Waals surface area contributed by atoms with Crippen molar-refractivity contribution in [1.29, 1.82) is 0 Å². The number of nitrogens with zero attached hydrogens (tertiary/aromatic N) is 1. The number of rotatable bonds is 8. The molecule has 0 radical (unpaired) electrons. The van der Waals surface area contributed by atoms with E-state index in [9.17, 15) is 13.2 Å². The van der Waals surface area contributed by atoms with Gasteiger partial charge >= 0.3 is 0 Å². The van der Waals surface area contributed by atoms with Crippen LogP contribution in [0.15, 0.2) is 29.2 Å². The van der Waals surface area contributed by atoms with Gasteiger partial charge in [-0.25, -0.2) is 8.42 Å². The molecular formula is C18H28N2O3S. The second kappa shape index (κ2) is 9.18. The fourth-order valence-corrected chi connectivity index (χ4v) is 4.13. The quantitative estimate of drug-likeness (QED) is 0.728. The summed E-state index contributed by atoms with van der Waals surface area (Å²) in [6.45, 7) is 5.83. The standard InChI is InChI=1S/C18H28N2O3S/c1-16-6-8-17(9-7-16)24(22,23)15-10-18(21)19-11-5-14-20-12-3-2-4-13-20/h6-9H,2-5,10-15H2,1H3,(H,19,21). The van der Waals surface area contributed by atoms with Crippen molar-refractivity contribution in [1.82, 2.24) is 10.2 Å². The fraction of sp³-hybridized carbons (Fsp3) is 0.611. The summed E-state index contributed by atoms with van der Waals surface area (Å²) in [4.78, 5) is 14.5. The van der Waals surface area contributed by atoms with Crippen molar-refractivity contribution < 1.29 is 13.2 Å². The Labute approximate surface area is 145 Å². The zero-order valence-electron chi connectivity index (χ0n) is 14.5. The first-order valence-corrected chi connectivity index (χ1v) is 10.4. The number of hydrogen-bond donors (Lipinski definition) is 1. The summed E-state index contributed by atoms with van der Waals surface area (Å²) < 4.78 is 24.4. The van der Waals surface area contributed by atoms with Gasteiger partial charge in [-0.15, -0.1) is 0 Å². The number of aryl methyl sites for hydroxylation is 1. The molecule has 1 aromatic rings. The topological polar surface area (TPSA) is 66.5 Å². The van der Waals surface area contributed by atoms with Crippen molar-refractivity contribution >= 4 is 15.7 Å². The number of piperidine rings is 1. The van der Waals surface area contributed by atoms with E-state index >= 15 is 0 Å². The Kier molecular flexibility index (Phi) is 7.24. The van der Waals surface area contributed by atoms with Crippen molar-refractivity contribution in [3.63, 3.8) is 0 Å². The Hall–Kier alpha value is -1.40. The van der Waals surface area contributed by atoms with Gasteiger partial charge in [0.2, 0.25) is 5.91 Å². The first-order chi connectivity index (χ1) is 11.5. The minimum atomic E-state index is -3.39. The molecule has 0 aromatic heterocycles. The van der Waals surface area contributed by atoms with Crippen LogP contribution in [0.3, 0.4) is 0 Å². The third-order valence-electron chi connectivity index (χ3n) is 4.40. The molecule has 1 aliphatic heterocycles. The highest BCUT2D eigenvalue weighted by atomic mass is 32.2. The summed E-state index contributed by atoms with van der Waals surface area (Å²) in [5.74, 6) is -0.335. The molecule has 5 nitrogen and oxygen atoms in total. The molecule has 1 aromatic carbocycles. The maximum Gasteiger partial charge on any atom is 0.221 e. The second-order valence-corrected chi connectivity index (χ2v) is 8.60. The van der Waals surface area contributed by atoms with Crippen molar-refractivity contribution in [3.8, 4) is 0 Å². The fourth-order valence-electron chi connectivity index (χ4n) is 2.89. The maximum atomic E-state index is 12.2. The first kappa shape index (κ1) is 18.9. The summed E-state index contributed by atoms with van der Waals surface area (Å²) in [6.07, 6.45) is 4.78. The van der Waals surface area contributed by atoms with Gasteiger partial charge in [-0.3, -0.25) is 4.79 Å². The average Bonchev–Trinajstić information content (AvgIpc) is 2.58. The Morgan fingerprint density at radius 2 is 1.79 bits per heavy atom. The molecule has 0 unspecified atom stereocenters. The molecule has 1 saturated heterocycles. The Balaban J connectivity index is 1.65. The maximum absolute atomic E-state index is 12.2. The number of amides is 1. The van der Waals surface area contributed by atoms with Crippen molar-refractivity contribution in [2.75, 3.05) is 31.9 Å². The van der Waals surface area contributed by atoms with Gasteiger partial charge in [-0.1, -0.05) is 24.1 Å². The van der Waals surface area contributed by atoms with Gasteiger partial charge in [0, 0.05) is 13.0 Å². The van der Waals surface area contributed by atoms with Gasteiger partial charge in [0.05, 0.1) is 10.6 Å². The molecule has 0 spiro atoms. The molecule has 1 fully saturated rings. The van der Waals surface area contributed by atoms with E-state index in [0.717, 1.165) is 31.6 Å². The van der Waals surface area contributed by atoms with Crippen LogP contribution in [0, 0.1) is 6.92 Å². The van der Waals surface area contributed by atoms with Crippen LogP contribution in [0.1, 0.15) is 37.7 Å². The van der Waals surface area contributed by atoms with E-state index in [1.807, 2.05) is 6.92 Å². The predicted octanol–water partition coefficient (Wildman–Crippen LogP) is 2.15. The van der Waals surface area contributed by atoms with Crippen LogP contribution in [0.25, 0.3) is 0 Å². The van der Waals surface area contributed by atoms with Gasteiger partial charge in [0.15, 0.2) is 9.84 Å². The molecule has 1 heterocycles. The highest BCUT2D eigenvalue weighted by Gasteiger charge is 2.16. The molecule has 0 bridgehead atoms. The van der Waals surface area contributed by atoms with E-state index < -0.39 is 9.84 Å². The molecule has 2 rings (SSSR count). The third kappa shape index (κ3) is 6.24. The highest BCUT2D eigenvalue weighted by molar-refractivity contribution is 7.91. The van der Waals surface area contributed by atoms with Gasteiger partial charge in [0.1, 0.15) is 0 Å². The second-order valence-electron chi connectivity index (χ2n) is 6.49. The van der Waals surface area contributed by atoms with E-state index in [-0.39, 0.29) is 23.0 Å². The smallest absolute Gasteiger partial charge is 0.221 e. The van der Waals surface area contributed by atoms with Crippen LogP contribution < -0.4 is 5.32 Å². The van der Waals surface area contributed by atoms with E-state index in [2.05, 4.69) is 10.2 Å². The lowest BCUT2D eigenvalue weighted by atomic mass is 10.1. The van der Waals surface area contributed by atoms with Crippen molar-refractivity contribution in [2.45, 2.75) is 43.9 Å². The zero-order valence-corrected chi connectivity index (χ0v) is 15.3. The molecule has 24 heavy (non-hydrogen) atoms. The molecular weight excluding hydrogens is 324 g/mol. The normalized spacial score (nSPS) is 16.0. The minimum Gasteiger partial charge on any atom is -0.356 e. The van der Waals surface area contributed by atoms with Crippen LogP contribution in [0.5, 0.6) is 0 Å². The lowest BCUT2D eigenvalue weighted by molar-refractivity contribution is -0.120. The van der Waals surface area contributed by atoms with Crippen molar-refractivity contribution in [2.24, 2.45) is 0 Å². The third-order valence-corrected chi connectivity index (χ3v) is 6.13. The van der Waals surface area contributed by atoms with Crippen LogP contribution in [0.2, 0.25) is 0 Å². The summed E-state index contributed by atoms with van der Waals surface area (Å²) in [7, 11) is -3.39. The molecule has 1 aliphatic rings. The molecule has 0 aliphatic carbocycles. The Morgan fingerprint density at radius 1 is 1.12 bits per heavy atom. The minimum absolute atomic E-state index is 0.0138. The van der Waals surface area contributed by atoms with Crippen LogP contribution in [0.4, 0.5) is 0 Å². The van der Waals surface area contributed by atoms with Crippen LogP contribution in [-0.2, 0) is 14.6 Å². The number of carbonyl (C=O) groups excluding carboxylic acids is 1. The van der Waals surface area contributed by atoms with Gasteiger partial charge in [0.25, 0.3) is 0 Å². The summed E-state index contributed by atoms with van der Waals surface area (Å²) in [5, 5.41) is 2.83. The monoisotopic (exact) mass is 352 g/mol. The summed E-state index contributed by atoms with van der Waals surface area (Å²) >= 11 is 0. The van der Waals surface area contributed by atoms with Gasteiger partial charge in [-0.2, -0.15) is 0 Å². The average molecular weight is 353 g/mol. The van der Waals surface area contributed by atoms with Crippen LogP contribution >= 0.6 is 0 Å². The zero-order chi connectivity index (χ0) is 17.4. The number of sulfone groups is 1. The number of likely N-dealkylation sites (tertiary alicyclic amines) is 1. The Bertz CT molecular complexity index is 620.